The number of carbonyl (C=O) groups is 1. The second-order valence-electron chi connectivity index (χ2n) is 4.33. The Balaban J connectivity index is 2.28. The van der Waals surface area contributed by atoms with E-state index >= 15 is 0 Å². The summed E-state index contributed by atoms with van der Waals surface area (Å²) in [6, 6.07) is 9.95. The summed E-state index contributed by atoms with van der Waals surface area (Å²) in [6.07, 6.45) is 0.874. The molecule has 1 amide bonds. The molecule has 0 aromatic heterocycles. The summed E-state index contributed by atoms with van der Waals surface area (Å²) in [6.45, 7) is 3.19. The van der Waals surface area contributed by atoms with Crippen LogP contribution in [0.15, 0.2) is 30.3 Å². The van der Waals surface area contributed by atoms with Crippen LogP contribution in [-0.2, 0) is 10.2 Å². The third-order valence-electron chi connectivity index (χ3n) is 3.42. The van der Waals surface area contributed by atoms with Crippen LogP contribution in [-0.4, -0.2) is 19.0 Å². The molecule has 0 heterocycles. The number of rotatable bonds is 4. The van der Waals surface area contributed by atoms with Gasteiger partial charge in [0.05, 0.1) is 5.41 Å². The molecule has 3 N–H and O–H groups in total. The lowest BCUT2D eigenvalue weighted by molar-refractivity contribution is -0.123. The molecule has 86 valence electrons. The first-order valence-corrected chi connectivity index (χ1v) is 5.79. The van der Waals surface area contributed by atoms with Gasteiger partial charge in [-0.3, -0.25) is 4.79 Å². The maximum atomic E-state index is 12.1. The van der Waals surface area contributed by atoms with E-state index in [9.17, 15) is 4.79 Å². The van der Waals surface area contributed by atoms with Gasteiger partial charge in [-0.25, -0.2) is 0 Å². The van der Waals surface area contributed by atoms with Gasteiger partial charge in [0.15, 0.2) is 0 Å². The molecule has 2 atom stereocenters. The van der Waals surface area contributed by atoms with Gasteiger partial charge in [0.2, 0.25) is 5.91 Å². The van der Waals surface area contributed by atoms with Gasteiger partial charge in [-0.15, -0.1) is 0 Å². The molecule has 0 saturated heterocycles. The van der Waals surface area contributed by atoms with Crippen molar-refractivity contribution in [2.24, 2.45) is 11.7 Å². The predicted molar refractivity (Wildman–Crippen MR) is 64.0 cm³/mol. The lowest BCUT2D eigenvalue weighted by Gasteiger charge is -2.16. The zero-order chi connectivity index (χ0) is 11.6. The van der Waals surface area contributed by atoms with Crippen molar-refractivity contribution in [3.8, 4) is 0 Å². The van der Waals surface area contributed by atoms with E-state index in [1.165, 1.54) is 0 Å². The molecule has 1 aromatic carbocycles. The van der Waals surface area contributed by atoms with E-state index in [4.69, 9.17) is 5.73 Å². The van der Waals surface area contributed by atoms with Crippen LogP contribution in [0.4, 0.5) is 0 Å². The SMILES string of the molecule is CCNC(=O)[C@@]1(c2ccccc2)C[C@@H]1CN. The molecule has 0 spiro atoms. The average molecular weight is 218 g/mol. The lowest BCUT2D eigenvalue weighted by atomic mass is 9.92. The first-order chi connectivity index (χ1) is 7.75. The number of benzene rings is 1. The van der Waals surface area contributed by atoms with Crippen LogP contribution < -0.4 is 11.1 Å². The summed E-state index contributed by atoms with van der Waals surface area (Å²) < 4.78 is 0. The van der Waals surface area contributed by atoms with Gasteiger partial charge in [-0.1, -0.05) is 30.3 Å². The normalized spacial score (nSPS) is 27.5. The highest BCUT2D eigenvalue weighted by Gasteiger charge is 2.59. The molecule has 2 rings (SSSR count). The molecular weight excluding hydrogens is 200 g/mol. The van der Waals surface area contributed by atoms with Crippen molar-refractivity contribution in [1.29, 1.82) is 0 Å². The molecule has 0 aliphatic heterocycles. The molecule has 3 heteroatoms. The van der Waals surface area contributed by atoms with Crippen LogP contribution in [0.3, 0.4) is 0 Å². The zero-order valence-corrected chi connectivity index (χ0v) is 9.57. The molecule has 1 aliphatic carbocycles. The molecule has 0 radical (unpaired) electrons. The lowest BCUT2D eigenvalue weighted by Crippen LogP contribution is -2.37. The van der Waals surface area contributed by atoms with Crippen LogP contribution in [0.5, 0.6) is 0 Å². The third kappa shape index (κ3) is 1.61. The Labute approximate surface area is 96.0 Å². The molecule has 16 heavy (non-hydrogen) atoms. The van der Waals surface area contributed by atoms with Gasteiger partial charge in [0.1, 0.15) is 0 Å². The first kappa shape index (κ1) is 11.1. The topological polar surface area (TPSA) is 55.1 Å². The highest BCUT2D eigenvalue weighted by molar-refractivity contribution is 5.92. The zero-order valence-electron chi connectivity index (χ0n) is 9.57. The Hall–Kier alpha value is -1.35. The quantitative estimate of drug-likeness (QED) is 0.793. The van der Waals surface area contributed by atoms with Gasteiger partial charge in [-0.2, -0.15) is 0 Å². The maximum Gasteiger partial charge on any atom is 0.230 e. The number of amides is 1. The van der Waals surface area contributed by atoms with Gasteiger partial charge in [0.25, 0.3) is 0 Å². The van der Waals surface area contributed by atoms with E-state index in [1.54, 1.807) is 0 Å². The maximum absolute atomic E-state index is 12.1. The Bertz CT molecular complexity index is 377. The summed E-state index contributed by atoms with van der Waals surface area (Å²) in [4.78, 5) is 12.1. The fourth-order valence-corrected chi connectivity index (χ4v) is 2.43. The number of hydrogen-bond acceptors (Lipinski definition) is 2. The minimum atomic E-state index is -0.355. The standard InChI is InChI=1S/C13H18N2O/c1-2-15-12(16)13(8-11(13)9-14)10-6-4-3-5-7-10/h3-7,11H,2,8-9,14H2,1H3,(H,15,16)/t11-,13-/m1/s1. The molecule has 0 bridgehead atoms. The van der Waals surface area contributed by atoms with Crippen molar-refractivity contribution in [2.45, 2.75) is 18.8 Å². The van der Waals surface area contributed by atoms with E-state index in [1.807, 2.05) is 37.3 Å². The van der Waals surface area contributed by atoms with Gasteiger partial charge < -0.3 is 11.1 Å². The predicted octanol–water partition coefficient (Wildman–Crippen LogP) is 1.04. The van der Waals surface area contributed by atoms with Crippen LogP contribution in [0, 0.1) is 5.92 Å². The van der Waals surface area contributed by atoms with Crippen LogP contribution >= 0.6 is 0 Å². The molecular formula is C13H18N2O. The second-order valence-corrected chi connectivity index (χ2v) is 4.33. The van der Waals surface area contributed by atoms with E-state index in [0.29, 0.717) is 19.0 Å². The summed E-state index contributed by atoms with van der Waals surface area (Å²) in [5, 5.41) is 2.92. The van der Waals surface area contributed by atoms with Gasteiger partial charge in [-0.05, 0) is 31.4 Å². The van der Waals surface area contributed by atoms with Crippen molar-refractivity contribution >= 4 is 5.91 Å². The molecule has 1 aromatic rings. The number of likely N-dealkylation sites (N-methyl/N-ethyl adjacent to an activating group) is 1. The van der Waals surface area contributed by atoms with Crippen LogP contribution in [0.25, 0.3) is 0 Å². The Morgan fingerprint density at radius 1 is 1.50 bits per heavy atom. The van der Waals surface area contributed by atoms with Gasteiger partial charge in [0, 0.05) is 6.54 Å². The van der Waals surface area contributed by atoms with Crippen molar-refractivity contribution in [1.82, 2.24) is 5.32 Å². The Morgan fingerprint density at radius 2 is 2.19 bits per heavy atom. The van der Waals surface area contributed by atoms with Crippen molar-refractivity contribution in [3.05, 3.63) is 35.9 Å². The number of nitrogens with one attached hydrogen (secondary N) is 1. The Kier molecular flexibility index (Phi) is 2.97. The highest BCUT2D eigenvalue weighted by Crippen LogP contribution is 2.53. The largest absolute Gasteiger partial charge is 0.356 e. The summed E-state index contributed by atoms with van der Waals surface area (Å²) in [5.41, 5.74) is 6.44. The molecule has 1 saturated carbocycles. The molecule has 1 fully saturated rings. The third-order valence-corrected chi connectivity index (χ3v) is 3.42. The summed E-state index contributed by atoms with van der Waals surface area (Å²) >= 11 is 0. The number of nitrogens with two attached hydrogens (primary N) is 1. The number of carbonyl (C=O) groups excluding carboxylic acids is 1. The smallest absolute Gasteiger partial charge is 0.230 e. The van der Waals surface area contributed by atoms with E-state index < -0.39 is 0 Å². The molecule has 0 unspecified atom stereocenters. The van der Waals surface area contributed by atoms with Crippen molar-refractivity contribution in [2.75, 3.05) is 13.1 Å². The monoisotopic (exact) mass is 218 g/mol. The van der Waals surface area contributed by atoms with E-state index in [0.717, 1.165) is 12.0 Å². The van der Waals surface area contributed by atoms with Crippen molar-refractivity contribution < 1.29 is 4.79 Å². The van der Waals surface area contributed by atoms with Crippen LogP contribution in [0.2, 0.25) is 0 Å². The second kappa shape index (κ2) is 4.26. The minimum Gasteiger partial charge on any atom is -0.356 e. The van der Waals surface area contributed by atoms with Gasteiger partial charge >= 0.3 is 0 Å². The number of hydrogen-bond donors (Lipinski definition) is 2. The fourth-order valence-electron chi connectivity index (χ4n) is 2.43. The Morgan fingerprint density at radius 3 is 2.69 bits per heavy atom. The van der Waals surface area contributed by atoms with Crippen LogP contribution in [0.1, 0.15) is 18.9 Å². The highest BCUT2D eigenvalue weighted by atomic mass is 16.2. The average Bonchev–Trinajstić information content (AvgIpc) is 3.06. The fraction of sp³-hybridized carbons (Fsp3) is 0.462. The molecule has 3 nitrogen and oxygen atoms in total. The summed E-state index contributed by atoms with van der Waals surface area (Å²) in [7, 11) is 0. The minimum absolute atomic E-state index is 0.122. The summed E-state index contributed by atoms with van der Waals surface area (Å²) in [5.74, 6) is 0.415. The molecule has 1 aliphatic rings. The first-order valence-electron chi connectivity index (χ1n) is 5.79. The van der Waals surface area contributed by atoms with E-state index in [-0.39, 0.29) is 11.3 Å². The van der Waals surface area contributed by atoms with E-state index in [2.05, 4.69) is 5.32 Å². The van der Waals surface area contributed by atoms with Crippen molar-refractivity contribution in [3.63, 3.8) is 0 Å².